The molecule has 0 aliphatic carbocycles. The summed E-state index contributed by atoms with van der Waals surface area (Å²) < 4.78 is 11.8. The number of hydrogen-bond acceptors (Lipinski definition) is 5. The number of hydrogen-bond donors (Lipinski definition) is 1. The van der Waals surface area contributed by atoms with Gasteiger partial charge in [0.1, 0.15) is 6.54 Å². The number of nitrogens with one attached hydrogen (secondary N) is 1. The number of esters is 1. The number of rotatable bonds is 4. The van der Waals surface area contributed by atoms with Crippen LogP contribution in [0, 0.1) is 0 Å². The van der Waals surface area contributed by atoms with Crippen LogP contribution >= 0.6 is 15.9 Å². The van der Waals surface area contributed by atoms with Gasteiger partial charge in [-0.2, -0.15) is 0 Å². The quantitative estimate of drug-likeness (QED) is 0.675. The van der Waals surface area contributed by atoms with Gasteiger partial charge >= 0.3 is 11.7 Å². The number of ether oxygens (including phenoxy) is 1. The number of anilines is 1. The highest BCUT2D eigenvalue weighted by Gasteiger charge is 2.15. The fourth-order valence-electron chi connectivity index (χ4n) is 2.34. The maximum Gasteiger partial charge on any atom is 0.420 e. The van der Waals surface area contributed by atoms with Crippen molar-refractivity contribution in [2.45, 2.75) is 6.54 Å². The van der Waals surface area contributed by atoms with Crippen LogP contribution in [0.2, 0.25) is 0 Å². The predicted molar refractivity (Wildman–Crippen MR) is 94.6 cm³/mol. The van der Waals surface area contributed by atoms with Crippen LogP contribution in [0.15, 0.2) is 56.1 Å². The number of halogens is 1. The summed E-state index contributed by atoms with van der Waals surface area (Å²) >= 11 is 3.31. The van der Waals surface area contributed by atoms with Crippen LogP contribution in [-0.2, 0) is 16.1 Å². The normalized spacial score (nSPS) is 10.6. The van der Waals surface area contributed by atoms with Gasteiger partial charge in [-0.1, -0.05) is 15.9 Å². The number of carbonyl (C=O) groups is 2. The molecule has 25 heavy (non-hydrogen) atoms. The van der Waals surface area contributed by atoms with E-state index in [-0.39, 0.29) is 23.6 Å². The van der Waals surface area contributed by atoms with E-state index in [1.165, 1.54) is 23.8 Å². The second-order valence-corrected chi connectivity index (χ2v) is 6.10. The molecule has 0 aliphatic rings. The topological polar surface area (TPSA) is 90.5 Å². The molecule has 2 aromatic carbocycles. The lowest BCUT2D eigenvalue weighted by Crippen LogP contribution is -2.24. The van der Waals surface area contributed by atoms with Crippen LogP contribution in [0.3, 0.4) is 0 Å². The Morgan fingerprint density at radius 2 is 1.92 bits per heavy atom. The molecule has 1 N–H and O–H groups in total. The zero-order chi connectivity index (χ0) is 18.0. The van der Waals surface area contributed by atoms with Crippen LogP contribution in [0.25, 0.3) is 11.1 Å². The van der Waals surface area contributed by atoms with Crippen LogP contribution in [0.1, 0.15) is 10.4 Å². The van der Waals surface area contributed by atoms with Gasteiger partial charge in [-0.15, -0.1) is 0 Å². The fourth-order valence-corrected chi connectivity index (χ4v) is 2.60. The highest BCUT2D eigenvalue weighted by atomic mass is 79.9. The Labute approximate surface area is 150 Å². The van der Waals surface area contributed by atoms with E-state index >= 15 is 0 Å². The summed E-state index contributed by atoms with van der Waals surface area (Å²) in [7, 11) is 1.26. The molecule has 8 heteroatoms. The molecule has 0 saturated carbocycles. The van der Waals surface area contributed by atoms with Crippen LogP contribution in [0.5, 0.6) is 0 Å². The maximum absolute atomic E-state index is 12.2. The van der Waals surface area contributed by atoms with Crippen molar-refractivity contribution in [3.63, 3.8) is 0 Å². The molecule has 0 saturated heterocycles. The highest BCUT2D eigenvalue weighted by Crippen LogP contribution is 2.17. The van der Waals surface area contributed by atoms with Gasteiger partial charge in [-0.3, -0.25) is 9.36 Å². The van der Waals surface area contributed by atoms with Gasteiger partial charge in [-0.05, 0) is 42.5 Å². The third kappa shape index (κ3) is 3.63. The summed E-state index contributed by atoms with van der Waals surface area (Å²) in [5.74, 6) is -1.59. The summed E-state index contributed by atoms with van der Waals surface area (Å²) in [6.07, 6.45) is 0. The smallest absolute Gasteiger partial charge is 0.420 e. The third-order valence-electron chi connectivity index (χ3n) is 3.52. The second kappa shape index (κ2) is 6.94. The Morgan fingerprint density at radius 1 is 1.20 bits per heavy atom. The number of carbonyl (C=O) groups excluding carboxylic acids is 2. The van der Waals surface area contributed by atoms with Crippen molar-refractivity contribution in [2.75, 3.05) is 12.4 Å². The molecule has 0 unspecified atom stereocenters. The Kier molecular flexibility index (Phi) is 4.71. The largest absolute Gasteiger partial charge is 0.465 e. The first-order chi connectivity index (χ1) is 12.0. The Balaban J connectivity index is 1.84. The van der Waals surface area contributed by atoms with Crippen molar-refractivity contribution in [3.8, 4) is 0 Å². The van der Waals surface area contributed by atoms with Gasteiger partial charge in [-0.25, -0.2) is 9.59 Å². The molecule has 1 aromatic heterocycles. The maximum atomic E-state index is 12.2. The number of aromatic nitrogens is 1. The first-order valence-electron chi connectivity index (χ1n) is 7.25. The van der Waals surface area contributed by atoms with E-state index in [0.29, 0.717) is 11.2 Å². The molecule has 0 atom stereocenters. The molecule has 3 rings (SSSR count). The van der Waals surface area contributed by atoms with E-state index in [1.807, 2.05) is 0 Å². The van der Waals surface area contributed by atoms with Crippen LogP contribution in [-0.4, -0.2) is 23.6 Å². The minimum absolute atomic E-state index is 0.209. The summed E-state index contributed by atoms with van der Waals surface area (Å²) in [5.41, 5.74) is 1.50. The average molecular weight is 405 g/mol. The van der Waals surface area contributed by atoms with Crippen LogP contribution in [0.4, 0.5) is 5.69 Å². The zero-order valence-corrected chi connectivity index (χ0v) is 14.7. The van der Waals surface area contributed by atoms with Crippen molar-refractivity contribution >= 4 is 44.6 Å². The summed E-state index contributed by atoms with van der Waals surface area (Å²) in [6, 6.07) is 11.5. The molecular formula is C17H13BrN2O5. The first kappa shape index (κ1) is 17.0. The Hall–Kier alpha value is -2.87. The van der Waals surface area contributed by atoms with E-state index in [0.717, 1.165) is 4.47 Å². The van der Waals surface area contributed by atoms with Gasteiger partial charge in [0.15, 0.2) is 5.58 Å². The van der Waals surface area contributed by atoms with E-state index in [1.54, 1.807) is 30.3 Å². The molecule has 0 spiro atoms. The minimum atomic E-state index is -0.678. The number of amides is 1. The second-order valence-electron chi connectivity index (χ2n) is 5.18. The van der Waals surface area contributed by atoms with Crippen molar-refractivity contribution in [3.05, 3.63) is 63.1 Å². The SMILES string of the molecule is COC(=O)c1ccc2c(c1)oc(=O)n2CC(=O)Nc1ccc(Br)cc1. The van der Waals surface area contributed by atoms with E-state index in [9.17, 15) is 14.4 Å². The van der Waals surface area contributed by atoms with Gasteiger partial charge in [0.2, 0.25) is 5.91 Å². The molecule has 7 nitrogen and oxygen atoms in total. The third-order valence-corrected chi connectivity index (χ3v) is 4.05. The summed E-state index contributed by atoms with van der Waals surface area (Å²) in [4.78, 5) is 35.7. The molecule has 128 valence electrons. The molecule has 0 aliphatic heterocycles. The van der Waals surface area contributed by atoms with Crippen molar-refractivity contribution < 1.29 is 18.7 Å². The van der Waals surface area contributed by atoms with Gasteiger partial charge in [0.05, 0.1) is 18.2 Å². The number of nitrogens with zero attached hydrogens (tertiary/aromatic N) is 1. The van der Waals surface area contributed by atoms with Crippen molar-refractivity contribution in [1.82, 2.24) is 4.57 Å². The molecule has 1 amide bonds. The lowest BCUT2D eigenvalue weighted by atomic mass is 10.2. The number of methoxy groups -OCH3 is 1. The molecule has 0 bridgehead atoms. The molecule has 0 fully saturated rings. The zero-order valence-electron chi connectivity index (χ0n) is 13.1. The molecule has 0 radical (unpaired) electrons. The minimum Gasteiger partial charge on any atom is -0.465 e. The molecule has 1 heterocycles. The lowest BCUT2D eigenvalue weighted by Gasteiger charge is -2.06. The van der Waals surface area contributed by atoms with Gasteiger partial charge in [0, 0.05) is 10.2 Å². The number of benzene rings is 2. The van der Waals surface area contributed by atoms with Gasteiger partial charge < -0.3 is 14.5 Å². The van der Waals surface area contributed by atoms with E-state index < -0.39 is 11.7 Å². The Morgan fingerprint density at radius 3 is 2.60 bits per heavy atom. The predicted octanol–water partition coefficient (Wildman–Crippen LogP) is 2.78. The summed E-state index contributed by atoms with van der Waals surface area (Å²) in [5, 5.41) is 2.70. The standard InChI is InChI=1S/C17H13BrN2O5/c1-24-16(22)10-2-7-13-14(8-10)25-17(23)20(13)9-15(21)19-12-5-3-11(18)4-6-12/h2-8H,9H2,1H3,(H,19,21). The van der Waals surface area contributed by atoms with Crippen LogP contribution < -0.4 is 11.1 Å². The first-order valence-corrected chi connectivity index (χ1v) is 8.04. The number of fused-ring (bicyclic) bond motifs is 1. The van der Waals surface area contributed by atoms with Crippen molar-refractivity contribution in [2.24, 2.45) is 0 Å². The lowest BCUT2D eigenvalue weighted by molar-refractivity contribution is -0.116. The monoisotopic (exact) mass is 404 g/mol. The Bertz CT molecular complexity index is 1000. The molecular weight excluding hydrogens is 392 g/mol. The fraction of sp³-hybridized carbons (Fsp3) is 0.118. The highest BCUT2D eigenvalue weighted by molar-refractivity contribution is 9.10. The molecule has 3 aromatic rings. The average Bonchev–Trinajstić information content (AvgIpc) is 2.91. The van der Waals surface area contributed by atoms with Gasteiger partial charge in [0.25, 0.3) is 0 Å². The van der Waals surface area contributed by atoms with Crippen molar-refractivity contribution in [1.29, 1.82) is 0 Å². The van der Waals surface area contributed by atoms with E-state index in [4.69, 9.17) is 4.42 Å². The summed E-state index contributed by atoms with van der Waals surface area (Å²) in [6.45, 7) is -0.209. The number of oxazole rings is 1. The van der Waals surface area contributed by atoms with E-state index in [2.05, 4.69) is 26.0 Å².